The van der Waals surface area contributed by atoms with Crippen LogP contribution in [0.2, 0.25) is 0 Å². The molecule has 1 aromatic rings. The Morgan fingerprint density at radius 1 is 1.35 bits per heavy atom. The maximum atomic E-state index is 11.7. The number of nitrogens with one attached hydrogen (secondary N) is 1. The van der Waals surface area contributed by atoms with Crippen molar-refractivity contribution in [2.75, 3.05) is 6.61 Å². The van der Waals surface area contributed by atoms with Crippen molar-refractivity contribution in [1.82, 2.24) is 5.32 Å². The van der Waals surface area contributed by atoms with E-state index >= 15 is 0 Å². The number of aryl methyl sites for hydroxylation is 1. The van der Waals surface area contributed by atoms with Gasteiger partial charge in [0.05, 0.1) is 21.9 Å². The molecule has 0 spiro atoms. The summed E-state index contributed by atoms with van der Waals surface area (Å²) in [4.78, 5) is 11.7. The van der Waals surface area contributed by atoms with E-state index in [1.54, 1.807) is 0 Å². The topological polar surface area (TPSA) is 67.8 Å². The quantitative estimate of drug-likeness (QED) is 0.460. The summed E-state index contributed by atoms with van der Waals surface area (Å²) in [5.74, 6) is 0. The van der Waals surface area contributed by atoms with Crippen LogP contribution in [-0.2, 0) is 21.9 Å². The van der Waals surface area contributed by atoms with Crippen molar-refractivity contribution < 1.29 is 18.8 Å². The number of benzene rings is 1. The molecule has 0 radical (unpaired) electrons. The summed E-state index contributed by atoms with van der Waals surface area (Å²) in [5, 5.41) is 12.6. The smallest absolute Gasteiger partial charge is 0.407 e. The summed E-state index contributed by atoms with van der Waals surface area (Å²) in [6.07, 6.45) is 0.410. The Bertz CT molecular complexity index is 493. The Kier molecular flexibility index (Phi) is 9.26. The van der Waals surface area contributed by atoms with Gasteiger partial charge in [-0.05, 0) is 44.7 Å². The monoisotopic (exact) mass is 453 g/mol. The first-order valence-corrected chi connectivity index (χ1v) is 10.7. The van der Waals surface area contributed by atoms with Gasteiger partial charge in [0.1, 0.15) is 5.60 Å². The fraction of sp³-hybridized carbons (Fsp3) is 0.562. The molecule has 7 heteroatoms. The van der Waals surface area contributed by atoms with E-state index in [1.165, 1.54) is 9.21 Å². The van der Waals surface area contributed by atoms with Gasteiger partial charge in [0.25, 0.3) is 0 Å². The summed E-state index contributed by atoms with van der Waals surface area (Å²) < 4.78 is 10.4. The molecule has 0 heterocycles. The molecule has 0 bridgehead atoms. The maximum absolute atomic E-state index is 11.7. The van der Waals surface area contributed by atoms with Crippen LogP contribution in [0.25, 0.3) is 0 Å². The van der Waals surface area contributed by atoms with E-state index in [-0.39, 0.29) is 0 Å². The van der Waals surface area contributed by atoms with Gasteiger partial charge < -0.3 is 19.3 Å². The molecule has 1 atom stereocenters. The highest BCUT2D eigenvalue weighted by Gasteiger charge is 2.16. The second-order valence-electron chi connectivity index (χ2n) is 6.16. The molecule has 0 saturated heterocycles. The lowest BCUT2D eigenvalue weighted by atomic mass is 10.0. The van der Waals surface area contributed by atoms with Gasteiger partial charge in [-0.3, -0.25) is 0 Å². The van der Waals surface area contributed by atoms with Crippen LogP contribution >= 0.6 is 30.4 Å². The first-order valence-electron chi connectivity index (χ1n) is 7.43. The molecule has 23 heavy (non-hydrogen) atoms. The molecule has 0 aromatic heterocycles. The van der Waals surface area contributed by atoms with Crippen LogP contribution < -0.4 is 5.32 Å². The molecular formula is C16H24INO4S. The largest absolute Gasteiger partial charge is 0.444 e. The fourth-order valence-electron chi connectivity index (χ4n) is 1.97. The van der Waals surface area contributed by atoms with Crippen LogP contribution in [-0.4, -0.2) is 29.5 Å². The van der Waals surface area contributed by atoms with Crippen LogP contribution in [0.1, 0.15) is 38.3 Å². The van der Waals surface area contributed by atoms with Crippen LogP contribution in [0.3, 0.4) is 0 Å². The molecule has 0 aliphatic rings. The van der Waals surface area contributed by atoms with E-state index in [9.17, 15) is 9.90 Å². The second-order valence-corrected chi connectivity index (χ2v) is 7.60. The van der Waals surface area contributed by atoms with Gasteiger partial charge >= 0.3 is 6.09 Å². The molecule has 1 rings (SSSR count). The number of hydrogen-bond acceptors (Lipinski definition) is 5. The third kappa shape index (κ3) is 9.39. The third-order valence-electron chi connectivity index (χ3n) is 2.99. The van der Waals surface area contributed by atoms with Crippen molar-refractivity contribution in [3.63, 3.8) is 0 Å². The average molecular weight is 453 g/mol. The molecule has 130 valence electrons. The molecule has 2 N–H and O–H groups in total. The number of carbonyl (C=O) groups excluding carboxylic acids is 1. The van der Waals surface area contributed by atoms with Crippen molar-refractivity contribution in [3.05, 3.63) is 35.4 Å². The highest BCUT2D eigenvalue weighted by molar-refractivity contribution is 14.2. The molecule has 1 amide bonds. The van der Waals surface area contributed by atoms with Crippen molar-refractivity contribution in [2.45, 2.75) is 51.9 Å². The first-order chi connectivity index (χ1) is 10.8. The van der Waals surface area contributed by atoms with Crippen molar-refractivity contribution in [3.8, 4) is 0 Å². The Labute approximate surface area is 154 Å². The van der Waals surface area contributed by atoms with Crippen LogP contribution in [0.15, 0.2) is 24.3 Å². The zero-order valence-corrected chi connectivity index (χ0v) is 16.6. The van der Waals surface area contributed by atoms with Crippen molar-refractivity contribution in [2.24, 2.45) is 0 Å². The molecule has 0 aliphatic carbocycles. The van der Waals surface area contributed by atoms with Crippen molar-refractivity contribution in [1.29, 1.82) is 0 Å². The Morgan fingerprint density at radius 2 is 2.00 bits per heavy atom. The fourth-order valence-corrected chi connectivity index (χ4v) is 2.61. The summed E-state index contributed by atoms with van der Waals surface area (Å²) >= 11 is 2.02. The number of amides is 1. The zero-order chi connectivity index (χ0) is 17.3. The maximum Gasteiger partial charge on any atom is 0.407 e. The highest BCUT2D eigenvalue weighted by atomic mass is 127. The normalized spacial score (nSPS) is 12.7. The summed E-state index contributed by atoms with van der Waals surface area (Å²) in [5.41, 5.74) is 1.61. The van der Waals surface area contributed by atoms with E-state index in [0.29, 0.717) is 19.6 Å². The minimum Gasteiger partial charge on any atom is -0.444 e. The van der Waals surface area contributed by atoms with Crippen LogP contribution in [0.4, 0.5) is 4.79 Å². The van der Waals surface area contributed by atoms with Crippen LogP contribution in [0.5, 0.6) is 0 Å². The van der Waals surface area contributed by atoms with Gasteiger partial charge in [0, 0.05) is 27.8 Å². The molecule has 1 aromatic carbocycles. The van der Waals surface area contributed by atoms with Crippen molar-refractivity contribution >= 4 is 36.5 Å². The summed E-state index contributed by atoms with van der Waals surface area (Å²) in [6, 6.07) is 7.86. The van der Waals surface area contributed by atoms with Crippen LogP contribution in [0, 0.1) is 0 Å². The number of halogens is 1. The number of aliphatic hydroxyl groups is 1. The van der Waals surface area contributed by atoms with E-state index in [4.69, 9.17) is 8.92 Å². The molecule has 5 nitrogen and oxygen atoms in total. The number of alkyl carbamates (subject to hydrolysis) is 1. The molecule has 1 unspecified atom stereocenters. The van der Waals surface area contributed by atoms with E-state index in [1.807, 2.05) is 66.2 Å². The summed E-state index contributed by atoms with van der Waals surface area (Å²) in [6.45, 7) is 6.21. The average Bonchev–Trinajstić information content (AvgIpc) is 2.48. The Morgan fingerprint density at radius 3 is 2.61 bits per heavy atom. The van der Waals surface area contributed by atoms with E-state index in [0.717, 1.165) is 17.5 Å². The zero-order valence-electron chi connectivity index (χ0n) is 13.7. The second kappa shape index (κ2) is 10.4. The predicted molar refractivity (Wildman–Crippen MR) is 101 cm³/mol. The van der Waals surface area contributed by atoms with E-state index in [2.05, 4.69) is 5.32 Å². The van der Waals surface area contributed by atoms with Gasteiger partial charge in [-0.1, -0.05) is 24.3 Å². The summed E-state index contributed by atoms with van der Waals surface area (Å²) in [7, 11) is 1.22. The molecule has 0 aliphatic heterocycles. The predicted octanol–water partition coefficient (Wildman–Crippen LogP) is 4.02. The molecule has 0 fully saturated rings. The van der Waals surface area contributed by atoms with E-state index < -0.39 is 17.8 Å². The number of ether oxygens (including phenoxy) is 1. The Balaban J connectivity index is 2.52. The lowest BCUT2D eigenvalue weighted by Crippen LogP contribution is -2.32. The highest BCUT2D eigenvalue weighted by Crippen LogP contribution is 2.16. The Hall–Kier alpha value is -0.510. The minimum atomic E-state index is -0.510. The number of hydrogen-bond donors (Lipinski definition) is 2. The number of aliphatic hydroxyl groups excluding tert-OH is 1. The molecular weight excluding hydrogens is 429 g/mol. The van der Waals surface area contributed by atoms with Gasteiger partial charge in [-0.25, -0.2) is 4.79 Å². The van der Waals surface area contributed by atoms with Gasteiger partial charge in [-0.2, -0.15) is 0 Å². The number of rotatable bonds is 8. The van der Waals surface area contributed by atoms with Gasteiger partial charge in [0.15, 0.2) is 0 Å². The standard InChI is InChI=1S/C16H24INO4S/c1-16(2,3)22-15(20)18-10-13-7-5-4-6-12(13)8-9-14(19)11-21-23-17/h4-7,14,19H,8-11H2,1-3H3,(H,18,20). The van der Waals surface area contributed by atoms with Gasteiger partial charge in [-0.15, -0.1) is 0 Å². The SMILES string of the molecule is CC(C)(C)OC(=O)NCc1ccccc1CCC(O)COSI. The number of carbonyl (C=O) groups is 1. The minimum absolute atomic E-state index is 0.311. The first kappa shape index (κ1) is 20.5. The lowest BCUT2D eigenvalue weighted by Gasteiger charge is -2.20. The lowest BCUT2D eigenvalue weighted by molar-refractivity contribution is 0.0523. The molecule has 0 saturated carbocycles. The van der Waals surface area contributed by atoms with Gasteiger partial charge in [0.2, 0.25) is 0 Å². The third-order valence-corrected chi connectivity index (χ3v) is 3.98.